The van der Waals surface area contributed by atoms with Gasteiger partial charge in [0.2, 0.25) is 0 Å². The molecule has 0 unspecified atom stereocenters. The van der Waals surface area contributed by atoms with Gasteiger partial charge in [-0.05, 0) is 30.5 Å². The lowest BCUT2D eigenvalue weighted by atomic mass is 10.1. The van der Waals surface area contributed by atoms with Gasteiger partial charge in [-0.1, -0.05) is 23.8 Å². The number of thiophene rings is 1. The molecular weight excluding hydrogens is 370 g/mol. The summed E-state index contributed by atoms with van der Waals surface area (Å²) < 4.78 is 4.72. The molecule has 0 fully saturated rings. The highest BCUT2D eigenvalue weighted by Crippen LogP contribution is 2.07. The standard InChI is InChI=1S/C18H19N3O5S/c1-12-4-2-5-13(8-12)17(24)19-10-16(23)26-11-15(22)21-18(25)20-9-14-6-3-7-27-14/h2-8H,9-11H2,1H3,(H,19,24)(H2,20,21,22,25). The summed E-state index contributed by atoms with van der Waals surface area (Å²) in [5, 5.41) is 8.83. The second-order valence-electron chi connectivity index (χ2n) is 5.52. The fourth-order valence-corrected chi connectivity index (χ4v) is 2.67. The molecule has 1 aromatic heterocycles. The number of ether oxygens (including phenoxy) is 1. The number of carbonyl (C=O) groups is 4. The monoisotopic (exact) mass is 389 g/mol. The fraction of sp³-hybridized carbons (Fsp3) is 0.222. The maximum atomic E-state index is 11.9. The molecule has 2 rings (SSSR count). The first-order valence-electron chi connectivity index (χ1n) is 8.04. The maximum Gasteiger partial charge on any atom is 0.325 e. The van der Waals surface area contributed by atoms with Crippen LogP contribution in [-0.2, 0) is 20.9 Å². The van der Waals surface area contributed by atoms with Crippen molar-refractivity contribution in [1.82, 2.24) is 16.0 Å². The molecule has 0 saturated carbocycles. The zero-order chi connectivity index (χ0) is 19.6. The van der Waals surface area contributed by atoms with Crippen molar-refractivity contribution in [2.45, 2.75) is 13.5 Å². The van der Waals surface area contributed by atoms with Crippen LogP contribution in [0.2, 0.25) is 0 Å². The minimum Gasteiger partial charge on any atom is -0.454 e. The van der Waals surface area contributed by atoms with Gasteiger partial charge in [0.25, 0.3) is 11.8 Å². The van der Waals surface area contributed by atoms with Crippen molar-refractivity contribution in [2.24, 2.45) is 0 Å². The predicted molar refractivity (Wildman–Crippen MR) is 99.2 cm³/mol. The number of amides is 4. The fourth-order valence-electron chi connectivity index (χ4n) is 2.03. The van der Waals surface area contributed by atoms with Crippen LogP contribution in [0.5, 0.6) is 0 Å². The number of benzene rings is 1. The minimum absolute atomic E-state index is 0.293. The van der Waals surface area contributed by atoms with E-state index in [-0.39, 0.29) is 6.54 Å². The summed E-state index contributed by atoms with van der Waals surface area (Å²) in [7, 11) is 0. The van der Waals surface area contributed by atoms with Crippen LogP contribution in [0.3, 0.4) is 0 Å². The maximum absolute atomic E-state index is 11.9. The van der Waals surface area contributed by atoms with Crippen LogP contribution in [0.4, 0.5) is 4.79 Å². The summed E-state index contributed by atoms with van der Waals surface area (Å²) in [4.78, 5) is 47.6. The Labute approximate surface area is 159 Å². The van der Waals surface area contributed by atoms with Gasteiger partial charge in [0, 0.05) is 10.4 Å². The highest BCUT2D eigenvalue weighted by atomic mass is 32.1. The quantitative estimate of drug-likeness (QED) is 0.619. The van der Waals surface area contributed by atoms with E-state index in [0.29, 0.717) is 12.1 Å². The largest absolute Gasteiger partial charge is 0.454 e. The normalized spacial score (nSPS) is 9.96. The van der Waals surface area contributed by atoms with E-state index in [0.717, 1.165) is 10.4 Å². The number of carbonyl (C=O) groups excluding carboxylic acids is 4. The average molecular weight is 389 g/mol. The van der Waals surface area contributed by atoms with E-state index in [1.807, 2.05) is 35.8 Å². The SMILES string of the molecule is Cc1cccc(C(=O)NCC(=O)OCC(=O)NC(=O)NCc2cccs2)c1. The number of hydrogen-bond donors (Lipinski definition) is 3. The molecule has 0 spiro atoms. The molecule has 0 bridgehead atoms. The molecule has 0 aliphatic rings. The third kappa shape index (κ3) is 7.28. The van der Waals surface area contributed by atoms with Crippen LogP contribution < -0.4 is 16.0 Å². The Hall–Kier alpha value is -3.20. The van der Waals surface area contributed by atoms with Crippen LogP contribution in [0, 0.1) is 6.92 Å². The van der Waals surface area contributed by atoms with Crippen LogP contribution >= 0.6 is 11.3 Å². The summed E-state index contributed by atoms with van der Waals surface area (Å²) >= 11 is 1.47. The van der Waals surface area contributed by atoms with Gasteiger partial charge in [-0.3, -0.25) is 19.7 Å². The Morgan fingerprint density at radius 1 is 1.07 bits per heavy atom. The molecule has 3 N–H and O–H groups in total. The molecule has 27 heavy (non-hydrogen) atoms. The van der Waals surface area contributed by atoms with Crippen molar-refractivity contribution in [1.29, 1.82) is 0 Å². The second kappa shape index (κ2) is 10.1. The lowest BCUT2D eigenvalue weighted by molar-refractivity contribution is -0.147. The Balaban J connectivity index is 1.63. The molecule has 1 aromatic carbocycles. The van der Waals surface area contributed by atoms with Crippen molar-refractivity contribution >= 4 is 35.2 Å². The van der Waals surface area contributed by atoms with Crippen molar-refractivity contribution in [2.75, 3.05) is 13.2 Å². The lowest BCUT2D eigenvalue weighted by Gasteiger charge is -2.08. The number of urea groups is 1. The van der Waals surface area contributed by atoms with Gasteiger partial charge in [0.15, 0.2) is 6.61 Å². The molecular formula is C18H19N3O5S. The molecule has 4 amide bonds. The zero-order valence-corrected chi connectivity index (χ0v) is 15.4. The van der Waals surface area contributed by atoms with Crippen molar-refractivity contribution in [3.8, 4) is 0 Å². The first kappa shape index (κ1) is 20.1. The molecule has 2 aromatic rings. The zero-order valence-electron chi connectivity index (χ0n) is 14.6. The van der Waals surface area contributed by atoms with Crippen molar-refractivity contribution < 1.29 is 23.9 Å². The Morgan fingerprint density at radius 2 is 1.89 bits per heavy atom. The third-order valence-electron chi connectivity index (χ3n) is 3.29. The molecule has 1 heterocycles. The number of rotatable bonds is 7. The molecule has 0 aliphatic carbocycles. The van der Waals surface area contributed by atoms with Gasteiger partial charge < -0.3 is 15.4 Å². The number of esters is 1. The summed E-state index contributed by atoms with van der Waals surface area (Å²) in [6.07, 6.45) is 0. The molecule has 0 radical (unpaired) electrons. The molecule has 0 saturated heterocycles. The van der Waals surface area contributed by atoms with Gasteiger partial charge in [0.1, 0.15) is 6.54 Å². The summed E-state index contributed by atoms with van der Waals surface area (Å²) in [5.74, 6) is -1.98. The van der Waals surface area contributed by atoms with Crippen LogP contribution in [0.25, 0.3) is 0 Å². The van der Waals surface area contributed by atoms with Gasteiger partial charge in [-0.2, -0.15) is 0 Å². The molecule has 0 atom stereocenters. The molecule has 9 heteroatoms. The second-order valence-corrected chi connectivity index (χ2v) is 6.56. The first-order valence-corrected chi connectivity index (χ1v) is 8.92. The first-order chi connectivity index (χ1) is 12.9. The third-order valence-corrected chi connectivity index (χ3v) is 4.17. The van der Waals surface area contributed by atoms with Crippen LogP contribution in [0.1, 0.15) is 20.8 Å². The van der Waals surface area contributed by atoms with Crippen LogP contribution in [-0.4, -0.2) is 37.0 Å². The topological polar surface area (TPSA) is 114 Å². The van der Waals surface area contributed by atoms with Crippen molar-refractivity contribution in [3.63, 3.8) is 0 Å². The van der Waals surface area contributed by atoms with E-state index in [1.165, 1.54) is 11.3 Å². The number of imide groups is 1. The molecule has 8 nitrogen and oxygen atoms in total. The summed E-state index contributed by atoms with van der Waals surface area (Å²) in [6, 6.07) is 9.90. The van der Waals surface area contributed by atoms with E-state index in [2.05, 4.69) is 10.6 Å². The number of nitrogens with one attached hydrogen (secondary N) is 3. The summed E-state index contributed by atoms with van der Waals surface area (Å²) in [5.41, 5.74) is 1.34. The van der Waals surface area contributed by atoms with E-state index in [1.54, 1.807) is 18.2 Å². The molecule has 142 valence electrons. The smallest absolute Gasteiger partial charge is 0.325 e. The minimum atomic E-state index is -0.787. The Kier molecular flexibility index (Phi) is 7.50. The van der Waals surface area contributed by atoms with Gasteiger partial charge in [-0.15, -0.1) is 11.3 Å². The predicted octanol–water partition coefficient (Wildman–Crippen LogP) is 1.36. The van der Waals surface area contributed by atoms with Crippen LogP contribution in [0.15, 0.2) is 41.8 Å². The average Bonchev–Trinajstić information content (AvgIpc) is 3.16. The van der Waals surface area contributed by atoms with Gasteiger partial charge in [-0.25, -0.2) is 4.79 Å². The summed E-state index contributed by atoms with van der Waals surface area (Å²) in [6.45, 7) is 1.14. The van der Waals surface area contributed by atoms with E-state index < -0.39 is 30.4 Å². The van der Waals surface area contributed by atoms with E-state index in [9.17, 15) is 19.2 Å². The molecule has 0 aliphatic heterocycles. The van der Waals surface area contributed by atoms with E-state index in [4.69, 9.17) is 4.74 Å². The lowest BCUT2D eigenvalue weighted by Crippen LogP contribution is -2.41. The van der Waals surface area contributed by atoms with E-state index >= 15 is 0 Å². The van der Waals surface area contributed by atoms with Gasteiger partial charge >= 0.3 is 12.0 Å². The van der Waals surface area contributed by atoms with Gasteiger partial charge in [0.05, 0.1) is 6.54 Å². The van der Waals surface area contributed by atoms with Crippen molar-refractivity contribution in [3.05, 3.63) is 57.8 Å². The Bertz CT molecular complexity index is 820. The number of aryl methyl sites for hydroxylation is 1. The highest BCUT2D eigenvalue weighted by Gasteiger charge is 2.12. The number of hydrogen-bond acceptors (Lipinski definition) is 6. The Morgan fingerprint density at radius 3 is 2.59 bits per heavy atom. The highest BCUT2D eigenvalue weighted by molar-refractivity contribution is 7.09.